The van der Waals surface area contributed by atoms with Crippen molar-refractivity contribution in [2.45, 2.75) is 77.0 Å². The van der Waals surface area contributed by atoms with Gasteiger partial charge in [0.2, 0.25) is 0 Å². The molecule has 1 saturated heterocycles. The highest BCUT2D eigenvalue weighted by molar-refractivity contribution is 14.0. The summed E-state index contributed by atoms with van der Waals surface area (Å²) in [7, 11) is 1.89. The summed E-state index contributed by atoms with van der Waals surface area (Å²) in [5, 5.41) is 7.33. The van der Waals surface area contributed by atoms with Crippen molar-refractivity contribution < 1.29 is 4.74 Å². The molecule has 0 aromatic carbocycles. The maximum atomic E-state index is 5.99. The molecule has 0 spiro atoms. The Morgan fingerprint density at radius 1 is 1.05 bits per heavy atom. The lowest BCUT2D eigenvalue weighted by Gasteiger charge is -2.60. The third kappa shape index (κ3) is 3.55. The van der Waals surface area contributed by atoms with Gasteiger partial charge in [0, 0.05) is 37.1 Å². The molecule has 2 N–H and O–H groups in total. The van der Waals surface area contributed by atoms with Crippen LogP contribution in [0.2, 0.25) is 0 Å². The van der Waals surface area contributed by atoms with Crippen LogP contribution < -0.4 is 10.6 Å². The lowest BCUT2D eigenvalue weighted by atomic mass is 9.55. The summed E-state index contributed by atoms with van der Waals surface area (Å²) in [6.07, 6.45) is 9.56. The molecule has 0 aromatic rings. The molecule has 0 aromatic heterocycles. The maximum Gasteiger partial charge on any atom is 0.191 e. The van der Waals surface area contributed by atoms with E-state index < -0.39 is 0 Å². The van der Waals surface area contributed by atoms with Crippen LogP contribution in [0.5, 0.6) is 0 Å². The third-order valence-corrected chi connectivity index (χ3v) is 5.79. The number of hydrogen-bond acceptors (Lipinski definition) is 2. The zero-order valence-corrected chi connectivity index (χ0v) is 16.6. The van der Waals surface area contributed by atoms with E-state index in [-0.39, 0.29) is 29.4 Å². The minimum absolute atomic E-state index is 0. The van der Waals surface area contributed by atoms with Crippen molar-refractivity contribution in [2.24, 2.45) is 16.3 Å². The second-order valence-electron chi connectivity index (χ2n) is 7.59. The third-order valence-electron chi connectivity index (χ3n) is 5.79. The van der Waals surface area contributed by atoms with Gasteiger partial charge in [0.15, 0.2) is 5.96 Å². The van der Waals surface area contributed by atoms with Gasteiger partial charge in [-0.15, -0.1) is 24.0 Å². The maximum absolute atomic E-state index is 5.99. The van der Waals surface area contributed by atoms with Gasteiger partial charge in [-0.25, -0.2) is 0 Å². The van der Waals surface area contributed by atoms with Crippen LogP contribution in [-0.2, 0) is 4.74 Å². The van der Waals surface area contributed by atoms with Crippen molar-refractivity contribution in [2.75, 3.05) is 13.7 Å². The van der Waals surface area contributed by atoms with Gasteiger partial charge in [-0.3, -0.25) is 4.99 Å². The smallest absolute Gasteiger partial charge is 0.191 e. The molecule has 2 saturated carbocycles. The first kappa shape index (κ1) is 18.3. The molecule has 128 valence electrons. The highest BCUT2D eigenvalue weighted by Gasteiger charge is 2.58. The Labute approximate surface area is 152 Å². The Kier molecular flexibility index (Phi) is 6.39. The molecule has 3 rings (SSSR count). The minimum atomic E-state index is 0. The summed E-state index contributed by atoms with van der Waals surface area (Å²) in [6, 6.07) is 1.09. The molecule has 3 atom stereocenters. The first-order chi connectivity index (χ1) is 10.1. The second-order valence-corrected chi connectivity index (χ2v) is 7.59. The number of rotatable bonds is 2. The van der Waals surface area contributed by atoms with E-state index in [0.717, 1.165) is 12.6 Å². The van der Waals surface area contributed by atoms with E-state index in [4.69, 9.17) is 4.74 Å². The molecule has 3 fully saturated rings. The first-order valence-electron chi connectivity index (χ1n) is 8.74. The van der Waals surface area contributed by atoms with Gasteiger partial charge in [0.25, 0.3) is 0 Å². The minimum Gasteiger partial charge on any atom is -0.377 e. The molecule has 0 radical (unpaired) electrons. The molecule has 0 amide bonds. The van der Waals surface area contributed by atoms with Crippen LogP contribution >= 0.6 is 24.0 Å². The molecule has 22 heavy (non-hydrogen) atoms. The van der Waals surface area contributed by atoms with E-state index in [2.05, 4.69) is 29.5 Å². The number of nitrogens with one attached hydrogen (secondary N) is 2. The number of guanidine groups is 1. The Morgan fingerprint density at radius 2 is 1.77 bits per heavy atom. The van der Waals surface area contributed by atoms with Gasteiger partial charge >= 0.3 is 0 Å². The summed E-state index contributed by atoms with van der Waals surface area (Å²) >= 11 is 0. The lowest BCUT2D eigenvalue weighted by molar-refractivity contribution is -0.188. The quantitative estimate of drug-likeness (QED) is 0.409. The van der Waals surface area contributed by atoms with Gasteiger partial charge in [0.05, 0.1) is 6.10 Å². The molecule has 1 heterocycles. The average Bonchev–Trinajstić information content (AvgIpc) is 2.52. The van der Waals surface area contributed by atoms with Crippen molar-refractivity contribution in [1.29, 1.82) is 0 Å². The zero-order valence-electron chi connectivity index (χ0n) is 14.2. The first-order valence-corrected chi connectivity index (χ1v) is 8.74. The van der Waals surface area contributed by atoms with Gasteiger partial charge in [0.1, 0.15) is 0 Å². The van der Waals surface area contributed by atoms with Crippen molar-refractivity contribution in [1.82, 2.24) is 10.6 Å². The number of fused-ring (bicyclic) bond motifs is 1. The Morgan fingerprint density at radius 3 is 2.45 bits per heavy atom. The van der Waals surface area contributed by atoms with E-state index >= 15 is 0 Å². The molecule has 0 bridgehead atoms. The molecule has 2 aliphatic carbocycles. The highest BCUT2D eigenvalue weighted by Crippen LogP contribution is 2.51. The fraction of sp³-hybridized carbons (Fsp3) is 0.941. The van der Waals surface area contributed by atoms with E-state index in [9.17, 15) is 0 Å². The van der Waals surface area contributed by atoms with Gasteiger partial charge in [-0.1, -0.05) is 33.1 Å². The summed E-state index contributed by atoms with van der Waals surface area (Å²) < 4.78 is 5.99. The Hall–Kier alpha value is -0.0400. The van der Waals surface area contributed by atoms with Crippen LogP contribution in [0.3, 0.4) is 0 Å². The molecule has 1 aliphatic heterocycles. The number of hydrogen-bond donors (Lipinski definition) is 2. The van der Waals surface area contributed by atoms with Crippen LogP contribution in [0, 0.1) is 11.3 Å². The fourth-order valence-corrected chi connectivity index (χ4v) is 4.57. The lowest BCUT2D eigenvalue weighted by Crippen LogP contribution is -2.71. The van der Waals surface area contributed by atoms with Gasteiger partial charge in [-0.2, -0.15) is 0 Å². The second kappa shape index (κ2) is 7.69. The Balaban J connectivity index is 0.00000176. The largest absolute Gasteiger partial charge is 0.377 e. The molecule has 3 unspecified atom stereocenters. The number of halogens is 1. The van der Waals surface area contributed by atoms with Gasteiger partial charge < -0.3 is 15.4 Å². The standard InChI is InChI=1S/C17H31N3O.HI/c1-17(2)14(13-10-7-11-21-15(13)17)20-16(18-3)19-12-8-5-4-6-9-12;/h12-15H,4-11H2,1-3H3,(H2,18,19,20);1H. The molecular weight excluding hydrogens is 389 g/mol. The van der Waals surface area contributed by atoms with Gasteiger partial charge in [-0.05, 0) is 25.7 Å². The van der Waals surface area contributed by atoms with Crippen LogP contribution in [-0.4, -0.2) is 37.8 Å². The van der Waals surface area contributed by atoms with Crippen LogP contribution in [0.4, 0.5) is 0 Å². The summed E-state index contributed by atoms with van der Waals surface area (Å²) in [5.74, 6) is 1.64. The summed E-state index contributed by atoms with van der Waals surface area (Å²) in [5.41, 5.74) is 0.204. The zero-order chi connectivity index (χ0) is 14.9. The monoisotopic (exact) mass is 421 g/mol. The van der Waals surface area contributed by atoms with E-state index in [1.807, 2.05) is 7.05 Å². The highest BCUT2D eigenvalue weighted by atomic mass is 127. The fourth-order valence-electron chi connectivity index (χ4n) is 4.57. The van der Waals surface area contributed by atoms with E-state index in [1.54, 1.807) is 0 Å². The van der Waals surface area contributed by atoms with E-state index in [0.29, 0.717) is 24.1 Å². The average molecular weight is 421 g/mol. The molecule has 5 heteroatoms. The van der Waals surface area contributed by atoms with Crippen LogP contribution in [0.15, 0.2) is 4.99 Å². The van der Waals surface area contributed by atoms with Crippen molar-refractivity contribution in [3.8, 4) is 0 Å². The molecular formula is C17H32IN3O. The SMILES string of the molecule is CN=C(NC1CCCCC1)NC1C2CCCOC2C1(C)C.I. The van der Waals surface area contributed by atoms with Crippen molar-refractivity contribution in [3.63, 3.8) is 0 Å². The molecule has 3 aliphatic rings. The van der Waals surface area contributed by atoms with Crippen LogP contribution in [0.1, 0.15) is 58.8 Å². The van der Waals surface area contributed by atoms with Crippen molar-refractivity contribution in [3.05, 3.63) is 0 Å². The number of nitrogens with zero attached hydrogens (tertiary/aromatic N) is 1. The van der Waals surface area contributed by atoms with E-state index in [1.165, 1.54) is 44.9 Å². The number of ether oxygens (including phenoxy) is 1. The summed E-state index contributed by atoms with van der Waals surface area (Å²) in [6.45, 7) is 5.59. The molecule has 4 nitrogen and oxygen atoms in total. The predicted molar refractivity (Wildman–Crippen MR) is 102 cm³/mol. The van der Waals surface area contributed by atoms with Crippen molar-refractivity contribution >= 4 is 29.9 Å². The predicted octanol–water partition coefficient (Wildman–Crippen LogP) is 3.31. The number of aliphatic imine (C=N–C) groups is 1. The summed E-state index contributed by atoms with van der Waals surface area (Å²) in [4.78, 5) is 4.46. The Bertz CT molecular complexity index is 393. The topological polar surface area (TPSA) is 45.7 Å². The van der Waals surface area contributed by atoms with Crippen LogP contribution in [0.25, 0.3) is 0 Å². The normalized spacial score (nSPS) is 34.9.